The highest BCUT2D eigenvalue weighted by atomic mass is 32.2. The van der Waals surface area contributed by atoms with Crippen molar-refractivity contribution in [3.63, 3.8) is 0 Å². The molecule has 0 saturated heterocycles. The van der Waals surface area contributed by atoms with Crippen molar-refractivity contribution in [1.82, 2.24) is 15.4 Å². The van der Waals surface area contributed by atoms with Crippen molar-refractivity contribution in [2.45, 2.75) is 20.8 Å². The van der Waals surface area contributed by atoms with Crippen LogP contribution in [0.2, 0.25) is 0 Å². The van der Waals surface area contributed by atoms with Gasteiger partial charge in [0.1, 0.15) is 0 Å². The lowest BCUT2D eigenvalue weighted by Crippen LogP contribution is -2.42. The molecule has 0 fully saturated rings. The Morgan fingerprint density at radius 3 is 2.12 bits per heavy atom. The van der Waals surface area contributed by atoms with Crippen LogP contribution in [-0.2, 0) is 14.8 Å². The predicted molar refractivity (Wildman–Crippen MR) is 93.5 cm³/mol. The molecule has 1 rings (SSSR count). The second kappa shape index (κ2) is 8.65. The summed E-state index contributed by atoms with van der Waals surface area (Å²) in [6.07, 6.45) is 1.03. The number of benzene rings is 1. The van der Waals surface area contributed by atoms with Crippen molar-refractivity contribution in [1.29, 1.82) is 0 Å². The van der Waals surface area contributed by atoms with E-state index >= 15 is 0 Å². The van der Waals surface area contributed by atoms with Gasteiger partial charge in [-0.25, -0.2) is 17.9 Å². The van der Waals surface area contributed by atoms with E-state index in [4.69, 9.17) is 0 Å². The van der Waals surface area contributed by atoms with E-state index < -0.39 is 16.1 Å². The van der Waals surface area contributed by atoms with Crippen LogP contribution in [0, 0.1) is 20.8 Å². The first kappa shape index (κ1) is 19.9. The largest absolute Gasteiger partial charge is 0.337 e. The van der Waals surface area contributed by atoms with E-state index in [1.807, 2.05) is 32.9 Å². The van der Waals surface area contributed by atoms with Gasteiger partial charge in [-0.1, -0.05) is 17.7 Å². The maximum Gasteiger partial charge on any atom is 0.315 e. The fourth-order valence-electron chi connectivity index (χ4n) is 2.20. The minimum atomic E-state index is -3.28. The summed E-state index contributed by atoms with van der Waals surface area (Å²) in [5, 5.41) is 7.63. The minimum Gasteiger partial charge on any atom is -0.337 e. The monoisotopic (exact) mass is 356 g/mol. The van der Waals surface area contributed by atoms with Gasteiger partial charge < -0.3 is 16.0 Å². The van der Waals surface area contributed by atoms with E-state index in [1.54, 1.807) is 0 Å². The second-order valence-electron chi connectivity index (χ2n) is 5.60. The molecule has 24 heavy (non-hydrogen) atoms. The molecule has 8 nitrogen and oxygen atoms in total. The molecule has 1 aromatic carbocycles. The summed E-state index contributed by atoms with van der Waals surface area (Å²) in [5.74, 6) is -0.338. The number of urea groups is 1. The van der Waals surface area contributed by atoms with Gasteiger partial charge >= 0.3 is 6.03 Å². The lowest BCUT2D eigenvalue weighted by Gasteiger charge is -2.13. The second-order valence-corrected chi connectivity index (χ2v) is 7.43. The molecule has 134 valence electrons. The smallest absolute Gasteiger partial charge is 0.315 e. The molecule has 0 radical (unpaired) electrons. The third-order valence-electron chi connectivity index (χ3n) is 3.13. The van der Waals surface area contributed by atoms with Crippen molar-refractivity contribution in [2.24, 2.45) is 0 Å². The number of aryl methyl sites for hydroxylation is 3. The van der Waals surface area contributed by atoms with Crippen LogP contribution in [0.3, 0.4) is 0 Å². The summed E-state index contributed by atoms with van der Waals surface area (Å²) in [6.45, 7) is 5.82. The summed E-state index contributed by atoms with van der Waals surface area (Å²) in [6, 6.07) is 3.40. The van der Waals surface area contributed by atoms with Gasteiger partial charge in [0.2, 0.25) is 15.9 Å². The quantitative estimate of drug-likeness (QED) is 0.529. The van der Waals surface area contributed by atoms with Crippen LogP contribution in [0.25, 0.3) is 0 Å². The molecule has 0 bridgehead atoms. The maximum atomic E-state index is 11.9. The molecule has 0 atom stereocenters. The molecule has 0 aliphatic heterocycles. The molecule has 1 aromatic rings. The summed E-state index contributed by atoms with van der Waals surface area (Å²) < 4.78 is 23.9. The van der Waals surface area contributed by atoms with E-state index in [0.717, 1.165) is 28.6 Å². The number of hydrogen-bond donors (Lipinski definition) is 4. The summed E-state index contributed by atoms with van der Waals surface area (Å²) >= 11 is 0. The normalized spacial score (nSPS) is 11.0. The minimum absolute atomic E-state index is 0.0835. The third kappa shape index (κ3) is 7.42. The number of nitrogens with one attached hydrogen (secondary N) is 4. The van der Waals surface area contributed by atoms with E-state index in [1.165, 1.54) is 0 Å². The first-order chi connectivity index (χ1) is 11.1. The molecule has 0 heterocycles. The summed E-state index contributed by atoms with van der Waals surface area (Å²) in [7, 11) is -3.28. The van der Waals surface area contributed by atoms with Gasteiger partial charge in [0.25, 0.3) is 0 Å². The Morgan fingerprint density at radius 2 is 1.58 bits per heavy atom. The van der Waals surface area contributed by atoms with Crippen LogP contribution in [0.15, 0.2) is 12.1 Å². The average Bonchev–Trinajstić information content (AvgIpc) is 2.44. The molecule has 0 aromatic heterocycles. The average molecular weight is 356 g/mol. The highest BCUT2D eigenvalue weighted by Gasteiger charge is 2.09. The third-order valence-corrected chi connectivity index (χ3v) is 3.85. The van der Waals surface area contributed by atoms with Gasteiger partial charge in [0.05, 0.1) is 12.8 Å². The maximum absolute atomic E-state index is 11.9. The lowest BCUT2D eigenvalue weighted by atomic mass is 10.1. The van der Waals surface area contributed by atoms with Crippen LogP contribution in [0.4, 0.5) is 10.5 Å². The van der Waals surface area contributed by atoms with Gasteiger partial charge in [-0.2, -0.15) is 0 Å². The molecule has 0 saturated carbocycles. The predicted octanol–water partition coefficient (Wildman–Crippen LogP) is 0.399. The first-order valence-electron chi connectivity index (χ1n) is 7.42. The highest BCUT2D eigenvalue weighted by molar-refractivity contribution is 7.88. The van der Waals surface area contributed by atoms with Crippen molar-refractivity contribution in [2.75, 3.05) is 31.2 Å². The van der Waals surface area contributed by atoms with Gasteiger partial charge in [-0.05, 0) is 31.9 Å². The standard InChI is InChI=1S/C15H24N4O4S/c1-10-7-11(2)14(12(3)8-10)19-13(20)9-17-15(21)16-5-6-18-24(4,22)23/h7-8,18H,5-6,9H2,1-4H3,(H,19,20)(H2,16,17,21). The fraction of sp³-hybridized carbons (Fsp3) is 0.467. The van der Waals surface area contributed by atoms with E-state index in [0.29, 0.717) is 0 Å². The lowest BCUT2D eigenvalue weighted by molar-refractivity contribution is -0.115. The van der Waals surface area contributed by atoms with E-state index in [-0.39, 0.29) is 25.5 Å². The van der Waals surface area contributed by atoms with Crippen LogP contribution in [0.5, 0.6) is 0 Å². The zero-order chi connectivity index (χ0) is 18.3. The van der Waals surface area contributed by atoms with Crippen LogP contribution in [0.1, 0.15) is 16.7 Å². The number of rotatable bonds is 7. The van der Waals surface area contributed by atoms with Crippen LogP contribution >= 0.6 is 0 Å². The Labute approximate surface area is 142 Å². The molecule has 4 N–H and O–H groups in total. The molecular weight excluding hydrogens is 332 g/mol. The Bertz CT molecular complexity index is 693. The molecule has 0 aliphatic rings. The number of carbonyl (C=O) groups excluding carboxylic acids is 2. The Hall–Kier alpha value is -2.13. The topological polar surface area (TPSA) is 116 Å². The molecule has 0 unspecified atom stereocenters. The summed E-state index contributed by atoms with van der Waals surface area (Å²) in [4.78, 5) is 23.4. The Balaban J connectivity index is 2.37. The highest BCUT2D eigenvalue weighted by Crippen LogP contribution is 2.21. The number of amides is 3. The van der Waals surface area contributed by atoms with Gasteiger partial charge in [-0.3, -0.25) is 4.79 Å². The molecule has 9 heteroatoms. The van der Waals surface area contributed by atoms with Crippen molar-refractivity contribution >= 4 is 27.6 Å². The molecule has 0 aliphatic carbocycles. The van der Waals surface area contributed by atoms with Crippen LogP contribution in [-0.4, -0.2) is 46.2 Å². The van der Waals surface area contributed by atoms with Crippen molar-refractivity contribution in [3.8, 4) is 0 Å². The molecule has 0 spiro atoms. The summed E-state index contributed by atoms with van der Waals surface area (Å²) in [5.41, 5.74) is 3.77. The van der Waals surface area contributed by atoms with Gasteiger partial charge in [0, 0.05) is 18.8 Å². The number of hydrogen-bond acceptors (Lipinski definition) is 4. The van der Waals surface area contributed by atoms with E-state index in [2.05, 4.69) is 20.7 Å². The van der Waals surface area contributed by atoms with E-state index in [9.17, 15) is 18.0 Å². The zero-order valence-electron chi connectivity index (χ0n) is 14.3. The zero-order valence-corrected chi connectivity index (χ0v) is 15.1. The Kier molecular flexibility index (Phi) is 7.18. The van der Waals surface area contributed by atoms with Crippen LogP contribution < -0.4 is 20.7 Å². The first-order valence-corrected chi connectivity index (χ1v) is 9.31. The number of anilines is 1. The van der Waals surface area contributed by atoms with Gasteiger partial charge in [0.15, 0.2) is 0 Å². The SMILES string of the molecule is Cc1cc(C)c(NC(=O)CNC(=O)NCCNS(C)(=O)=O)c(C)c1. The van der Waals surface area contributed by atoms with Crippen molar-refractivity contribution < 1.29 is 18.0 Å². The number of carbonyl (C=O) groups is 2. The molecular formula is C15H24N4O4S. The number of sulfonamides is 1. The Morgan fingerprint density at radius 1 is 1.00 bits per heavy atom. The van der Waals surface area contributed by atoms with Crippen molar-refractivity contribution in [3.05, 3.63) is 28.8 Å². The van der Waals surface area contributed by atoms with Gasteiger partial charge in [-0.15, -0.1) is 0 Å². The molecule has 3 amide bonds. The fourth-order valence-corrected chi connectivity index (χ4v) is 2.67.